The first-order chi connectivity index (χ1) is 15.2. The number of phenolic OH excluding ortho intramolecular Hbond substituents is 1. The van der Waals surface area contributed by atoms with Gasteiger partial charge in [0.05, 0.1) is 4.90 Å². The van der Waals surface area contributed by atoms with E-state index in [2.05, 4.69) is 10.6 Å². The molecule has 174 valence electrons. The molecule has 0 radical (unpaired) electrons. The Labute approximate surface area is 186 Å². The van der Waals surface area contributed by atoms with Crippen molar-refractivity contribution in [3.63, 3.8) is 0 Å². The maximum Gasteiger partial charge on any atom is 0.251 e. The number of pyridine rings is 1. The first-order valence-corrected chi connectivity index (χ1v) is 11.7. The zero-order chi connectivity index (χ0) is 23.7. The number of benzene rings is 1. The number of nitrogens with one attached hydrogen (secondary N) is 2. The summed E-state index contributed by atoms with van der Waals surface area (Å²) in [4.78, 5) is 36.2. The van der Waals surface area contributed by atoms with Crippen molar-refractivity contribution in [3.8, 4) is 5.75 Å². The summed E-state index contributed by atoms with van der Waals surface area (Å²) in [5.74, 6) is -0.803. The van der Waals surface area contributed by atoms with Crippen LogP contribution < -0.4 is 16.2 Å². The molecule has 0 spiro atoms. The zero-order valence-corrected chi connectivity index (χ0v) is 18.9. The third-order valence-corrected chi connectivity index (χ3v) is 6.72. The van der Waals surface area contributed by atoms with Crippen LogP contribution in [-0.2, 0) is 21.4 Å². The Morgan fingerprint density at radius 3 is 2.41 bits per heavy atom. The average molecular weight is 465 g/mol. The van der Waals surface area contributed by atoms with Crippen LogP contribution in [0.25, 0.3) is 0 Å². The molecule has 10 nitrogen and oxygen atoms in total. The highest BCUT2D eigenvalue weighted by Crippen LogP contribution is 2.13. The Morgan fingerprint density at radius 2 is 1.75 bits per heavy atom. The fourth-order valence-electron chi connectivity index (χ4n) is 2.98. The van der Waals surface area contributed by atoms with Crippen molar-refractivity contribution in [2.24, 2.45) is 0 Å². The van der Waals surface area contributed by atoms with Crippen LogP contribution >= 0.6 is 0 Å². The van der Waals surface area contributed by atoms with Gasteiger partial charge in [-0.25, -0.2) is 8.42 Å². The normalized spacial score (nSPS) is 11.3. The molecule has 0 bridgehead atoms. The summed E-state index contributed by atoms with van der Waals surface area (Å²) in [6, 6.07) is 8.31. The molecule has 0 fully saturated rings. The Morgan fingerprint density at radius 1 is 1.06 bits per heavy atom. The smallest absolute Gasteiger partial charge is 0.251 e. The van der Waals surface area contributed by atoms with Gasteiger partial charge in [0, 0.05) is 44.0 Å². The second kappa shape index (κ2) is 11.4. The number of rotatable bonds is 11. The molecule has 0 unspecified atom stereocenters. The predicted molar refractivity (Wildman–Crippen MR) is 119 cm³/mol. The van der Waals surface area contributed by atoms with Gasteiger partial charge in [-0.05, 0) is 30.7 Å². The lowest BCUT2D eigenvalue weighted by atomic mass is 10.2. The third kappa shape index (κ3) is 6.66. The number of nitrogens with zero attached hydrogens (tertiary/aromatic N) is 2. The number of aromatic nitrogens is 1. The number of hydrogen-bond acceptors (Lipinski definition) is 6. The fourth-order valence-corrected chi connectivity index (χ4v) is 4.45. The molecule has 32 heavy (non-hydrogen) atoms. The van der Waals surface area contributed by atoms with E-state index in [1.165, 1.54) is 28.7 Å². The van der Waals surface area contributed by atoms with Crippen LogP contribution in [0.15, 0.2) is 52.3 Å². The fraction of sp³-hybridized carbons (Fsp3) is 0.381. The van der Waals surface area contributed by atoms with E-state index in [1.807, 2.05) is 0 Å². The van der Waals surface area contributed by atoms with E-state index in [0.29, 0.717) is 31.6 Å². The van der Waals surface area contributed by atoms with Gasteiger partial charge in [0.2, 0.25) is 15.9 Å². The van der Waals surface area contributed by atoms with Crippen LogP contribution in [-0.4, -0.2) is 60.4 Å². The van der Waals surface area contributed by atoms with Gasteiger partial charge in [0.15, 0.2) is 0 Å². The molecule has 0 saturated carbocycles. The summed E-state index contributed by atoms with van der Waals surface area (Å²) >= 11 is 0. The zero-order valence-electron chi connectivity index (χ0n) is 18.1. The van der Waals surface area contributed by atoms with Gasteiger partial charge in [-0.15, -0.1) is 0 Å². The minimum Gasteiger partial charge on any atom is -0.508 e. The van der Waals surface area contributed by atoms with Crippen LogP contribution in [0.3, 0.4) is 0 Å². The molecule has 1 heterocycles. The monoisotopic (exact) mass is 464 g/mol. The van der Waals surface area contributed by atoms with Gasteiger partial charge >= 0.3 is 0 Å². The number of carbonyl (C=O) groups excluding carboxylic acids is 2. The molecule has 0 saturated heterocycles. The highest BCUT2D eigenvalue weighted by Gasteiger charge is 2.22. The third-order valence-electron chi connectivity index (χ3n) is 4.68. The number of carbonyl (C=O) groups is 2. The lowest BCUT2D eigenvalue weighted by Gasteiger charge is -2.19. The molecule has 2 rings (SSSR count). The van der Waals surface area contributed by atoms with Crippen molar-refractivity contribution in [2.75, 3.05) is 26.2 Å². The van der Waals surface area contributed by atoms with E-state index in [4.69, 9.17) is 0 Å². The summed E-state index contributed by atoms with van der Waals surface area (Å²) in [6.45, 7) is 4.25. The van der Waals surface area contributed by atoms with Crippen molar-refractivity contribution in [1.29, 1.82) is 0 Å². The maximum absolute atomic E-state index is 12.6. The number of sulfonamides is 1. The molecule has 0 atom stereocenters. The molecule has 1 aromatic heterocycles. The van der Waals surface area contributed by atoms with E-state index in [-0.39, 0.29) is 29.6 Å². The summed E-state index contributed by atoms with van der Waals surface area (Å²) in [6.07, 6.45) is 1.62. The molecule has 11 heteroatoms. The van der Waals surface area contributed by atoms with Crippen LogP contribution in [0.5, 0.6) is 5.75 Å². The minimum atomic E-state index is -3.75. The predicted octanol–water partition coefficient (Wildman–Crippen LogP) is 0.521. The molecular weight excluding hydrogens is 436 g/mol. The Kier molecular flexibility index (Phi) is 8.97. The molecule has 2 amide bonds. The van der Waals surface area contributed by atoms with Crippen LogP contribution in [0.2, 0.25) is 0 Å². The number of aromatic hydroxyl groups is 1. The first-order valence-electron chi connectivity index (χ1n) is 10.2. The van der Waals surface area contributed by atoms with Crippen LogP contribution in [0.1, 0.15) is 30.6 Å². The summed E-state index contributed by atoms with van der Waals surface area (Å²) in [7, 11) is -3.75. The topological polar surface area (TPSA) is 138 Å². The van der Waals surface area contributed by atoms with Crippen molar-refractivity contribution in [1.82, 2.24) is 19.5 Å². The first kappa shape index (κ1) is 25.1. The van der Waals surface area contributed by atoms with Gasteiger partial charge < -0.3 is 20.3 Å². The lowest BCUT2D eigenvalue weighted by Crippen LogP contribution is -2.35. The van der Waals surface area contributed by atoms with E-state index in [0.717, 1.165) is 10.6 Å². The van der Waals surface area contributed by atoms with Crippen molar-refractivity contribution >= 4 is 21.8 Å². The standard InChI is InChI=1S/C21H28N4O6S/c1-3-25(4-2)32(30,31)18-9-10-20(28)24(14-18)15-19(27)22-11-6-12-23-21(29)16-7-5-8-17(26)13-16/h5,7-10,13-14,26H,3-4,6,11-12,15H2,1-2H3,(H,22,27)(H,23,29). The molecule has 0 aliphatic carbocycles. The van der Waals surface area contributed by atoms with E-state index in [1.54, 1.807) is 26.0 Å². The second-order valence-corrected chi connectivity index (χ2v) is 8.87. The van der Waals surface area contributed by atoms with Crippen molar-refractivity contribution in [2.45, 2.75) is 31.7 Å². The van der Waals surface area contributed by atoms with E-state index in [9.17, 15) is 27.9 Å². The summed E-state index contributed by atoms with van der Waals surface area (Å²) in [5, 5.41) is 14.7. The number of phenols is 1. The van der Waals surface area contributed by atoms with E-state index >= 15 is 0 Å². The van der Waals surface area contributed by atoms with Gasteiger partial charge in [-0.2, -0.15) is 4.31 Å². The maximum atomic E-state index is 12.6. The Hall–Kier alpha value is -3.18. The molecule has 0 aliphatic heterocycles. The summed E-state index contributed by atoms with van der Waals surface area (Å²) < 4.78 is 27.6. The highest BCUT2D eigenvalue weighted by molar-refractivity contribution is 7.89. The van der Waals surface area contributed by atoms with Gasteiger partial charge in [-0.3, -0.25) is 14.4 Å². The number of amides is 2. The second-order valence-electron chi connectivity index (χ2n) is 6.93. The molecule has 1 aromatic carbocycles. The quantitative estimate of drug-likeness (QED) is 0.415. The largest absolute Gasteiger partial charge is 0.508 e. The SMILES string of the molecule is CCN(CC)S(=O)(=O)c1ccc(=O)n(CC(=O)NCCCNC(=O)c2cccc(O)c2)c1. The molecule has 2 aromatic rings. The summed E-state index contributed by atoms with van der Waals surface area (Å²) in [5.41, 5.74) is -0.162. The van der Waals surface area contributed by atoms with Crippen molar-refractivity contribution in [3.05, 3.63) is 58.5 Å². The Bertz CT molecular complexity index is 1110. The molecular formula is C21H28N4O6S. The van der Waals surface area contributed by atoms with Crippen molar-refractivity contribution < 1.29 is 23.1 Å². The van der Waals surface area contributed by atoms with Gasteiger partial charge in [-0.1, -0.05) is 19.9 Å². The molecule has 3 N–H and O–H groups in total. The van der Waals surface area contributed by atoms with E-state index < -0.39 is 21.5 Å². The highest BCUT2D eigenvalue weighted by atomic mass is 32.2. The lowest BCUT2D eigenvalue weighted by molar-refractivity contribution is -0.121. The average Bonchev–Trinajstić information content (AvgIpc) is 2.75. The molecule has 0 aliphatic rings. The van der Waals surface area contributed by atoms with Crippen LogP contribution in [0, 0.1) is 0 Å². The Balaban J connectivity index is 1.86. The van der Waals surface area contributed by atoms with Gasteiger partial charge in [0.25, 0.3) is 11.5 Å². The van der Waals surface area contributed by atoms with Crippen LogP contribution in [0.4, 0.5) is 0 Å². The van der Waals surface area contributed by atoms with Gasteiger partial charge in [0.1, 0.15) is 12.3 Å². The number of hydrogen-bond donors (Lipinski definition) is 3. The minimum absolute atomic E-state index is 0.00544.